The molecule has 202 valence electrons. The summed E-state index contributed by atoms with van der Waals surface area (Å²) in [5.74, 6) is -4.68. The molecule has 1 aromatic rings. The molecular formula is C22H28F2N4O8P+. The summed E-state index contributed by atoms with van der Waals surface area (Å²) in [5, 5.41) is 12.9. The van der Waals surface area contributed by atoms with Gasteiger partial charge in [0.2, 0.25) is 0 Å². The molecule has 12 nitrogen and oxygen atoms in total. The van der Waals surface area contributed by atoms with Crippen LogP contribution in [0.5, 0.6) is 5.75 Å². The smallest absolute Gasteiger partial charge is 0.458 e. The molecule has 0 radical (unpaired) electrons. The summed E-state index contributed by atoms with van der Waals surface area (Å²) in [6.07, 6.45) is -3.94. The summed E-state index contributed by atoms with van der Waals surface area (Å²) in [7, 11) is -3.28. The van der Waals surface area contributed by atoms with E-state index in [-0.39, 0.29) is 18.0 Å². The predicted octanol–water partition coefficient (Wildman–Crippen LogP) is 2.05. The van der Waals surface area contributed by atoms with Crippen molar-refractivity contribution in [2.75, 3.05) is 13.7 Å². The number of carbonyl (C=O) groups excluding carboxylic acids is 2. The first kappa shape index (κ1) is 27.3. The number of urea groups is 1. The lowest BCUT2D eigenvalue weighted by atomic mass is 10.0. The Labute approximate surface area is 211 Å². The van der Waals surface area contributed by atoms with Crippen LogP contribution in [-0.2, 0) is 23.4 Å². The monoisotopic (exact) mass is 545 g/mol. The van der Waals surface area contributed by atoms with Crippen molar-refractivity contribution in [3.8, 4) is 5.75 Å². The Hall–Kier alpha value is -2.74. The van der Waals surface area contributed by atoms with E-state index in [2.05, 4.69) is 10.1 Å². The fourth-order valence-corrected chi connectivity index (χ4v) is 5.70. The van der Waals surface area contributed by atoms with Gasteiger partial charge in [0.1, 0.15) is 35.5 Å². The molecule has 2 saturated heterocycles. The molecule has 3 aliphatic heterocycles. The number of aliphatic imine (C=N–C) groups is 1. The van der Waals surface area contributed by atoms with Crippen molar-refractivity contribution < 1.29 is 51.0 Å². The number of aliphatic hydroxyl groups excluding tert-OH is 1. The second-order valence-electron chi connectivity index (χ2n) is 9.69. The Balaban J connectivity index is 1.53. The molecule has 0 saturated carbocycles. The van der Waals surface area contributed by atoms with E-state index in [0.29, 0.717) is 0 Å². The molecule has 0 spiro atoms. The van der Waals surface area contributed by atoms with E-state index in [4.69, 9.17) is 24.3 Å². The van der Waals surface area contributed by atoms with Crippen LogP contribution in [0.2, 0.25) is 0 Å². The molecule has 2 amide bonds. The van der Waals surface area contributed by atoms with Crippen LogP contribution in [0.1, 0.15) is 20.3 Å². The first-order valence-electron chi connectivity index (χ1n) is 11.3. The number of nitrogens with one attached hydrogen (secondary N) is 1. The molecule has 4 rings (SSSR count). The number of alkyl halides is 2. The van der Waals surface area contributed by atoms with Crippen LogP contribution >= 0.6 is 7.75 Å². The maximum atomic E-state index is 15.1. The summed E-state index contributed by atoms with van der Waals surface area (Å²) in [6.45, 7) is 2.50. The van der Waals surface area contributed by atoms with Crippen molar-refractivity contribution in [1.82, 2.24) is 5.09 Å². The van der Waals surface area contributed by atoms with E-state index in [1.807, 2.05) is 0 Å². The number of carbonyl (C=O) groups is 2. The summed E-state index contributed by atoms with van der Waals surface area (Å²) < 4.78 is 64.3. The quantitative estimate of drug-likeness (QED) is 0.251. The van der Waals surface area contributed by atoms with E-state index >= 15 is 8.78 Å². The topological polar surface area (TPSA) is 159 Å². The van der Waals surface area contributed by atoms with Gasteiger partial charge in [-0.25, -0.2) is 9.36 Å². The molecule has 2 fully saturated rings. The van der Waals surface area contributed by atoms with Crippen LogP contribution in [-0.4, -0.2) is 77.1 Å². The van der Waals surface area contributed by atoms with Crippen molar-refractivity contribution >= 4 is 25.6 Å². The highest BCUT2D eigenvalue weighted by molar-refractivity contribution is 7.52. The minimum absolute atomic E-state index is 0.109. The fraction of sp³-hybridized carbons (Fsp3) is 0.500. The fourth-order valence-electron chi connectivity index (χ4n) is 4.20. The lowest BCUT2D eigenvalue weighted by molar-refractivity contribution is -0.841. The van der Waals surface area contributed by atoms with Crippen LogP contribution in [0.4, 0.5) is 13.6 Å². The van der Waals surface area contributed by atoms with Gasteiger partial charge in [0.25, 0.3) is 6.23 Å². The second kappa shape index (κ2) is 9.53. The van der Waals surface area contributed by atoms with E-state index in [0.717, 1.165) is 13.2 Å². The standard InChI is InChI=1S/C22H27F2N4O8P/c1-21(2)11-14(18(30)35-21)27-37(32,36-13-7-5-4-6-8-13)33-12-15-17(29)22(23,24)19(34-15)28(3)10-9-16(25)26-20(28)31/h4-10,14-15,17,19,29H,11-12H2,1-3H3,(H2-,25,26,27,31,32)/p+1. The number of esters is 1. The van der Waals surface area contributed by atoms with Crippen LogP contribution in [0.15, 0.2) is 47.6 Å². The number of rotatable bonds is 8. The van der Waals surface area contributed by atoms with Gasteiger partial charge in [-0.2, -0.15) is 18.4 Å². The number of nitrogens with two attached hydrogens (primary N) is 1. The molecular weight excluding hydrogens is 517 g/mol. The van der Waals surface area contributed by atoms with Crippen molar-refractivity contribution in [2.45, 2.75) is 56.3 Å². The summed E-state index contributed by atoms with van der Waals surface area (Å²) in [5.41, 5.74) is 4.63. The first-order chi connectivity index (χ1) is 17.2. The Morgan fingerprint density at radius 3 is 2.57 bits per heavy atom. The van der Waals surface area contributed by atoms with Crippen LogP contribution in [0.25, 0.3) is 0 Å². The first-order valence-corrected chi connectivity index (χ1v) is 12.8. The molecule has 0 aromatic heterocycles. The highest BCUT2D eigenvalue weighted by Gasteiger charge is 2.68. The average molecular weight is 545 g/mol. The highest BCUT2D eigenvalue weighted by atomic mass is 31.2. The normalized spacial score (nSPS) is 34.1. The van der Waals surface area contributed by atoms with Crippen LogP contribution in [0, 0.1) is 0 Å². The van der Waals surface area contributed by atoms with Gasteiger partial charge in [-0.1, -0.05) is 18.2 Å². The minimum Gasteiger partial charge on any atom is -0.458 e. The molecule has 3 aliphatic rings. The molecule has 4 N–H and O–H groups in total. The number of benzene rings is 1. The van der Waals surface area contributed by atoms with E-state index in [1.165, 1.54) is 18.2 Å². The van der Waals surface area contributed by atoms with Gasteiger partial charge in [0.05, 0.1) is 13.7 Å². The predicted molar refractivity (Wildman–Crippen MR) is 124 cm³/mol. The number of amidine groups is 1. The molecule has 6 atom stereocenters. The second-order valence-corrected chi connectivity index (χ2v) is 11.4. The molecule has 3 heterocycles. The van der Waals surface area contributed by atoms with Crippen molar-refractivity contribution in [3.05, 3.63) is 42.6 Å². The summed E-state index contributed by atoms with van der Waals surface area (Å²) in [4.78, 5) is 28.2. The Morgan fingerprint density at radius 1 is 1.30 bits per heavy atom. The van der Waals surface area contributed by atoms with Crippen molar-refractivity contribution in [3.63, 3.8) is 0 Å². The van der Waals surface area contributed by atoms with E-state index < -0.39 is 66.8 Å². The number of amides is 2. The Bertz CT molecular complexity index is 1180. The number of para-hydroxylation sites is 1. The van der Waals surface area contributed by atoms with Gasteiger partial charge in [-0.15, -0.1) is 4.99 Å². The Kier molecular flexibility index (Phi) is 7.03. The zero-order valence-electron chi connectivity index (χ0n) is 20.2. The molecule has 37 heavy (non-hydrogen) atoms. The maximum absolute atomic E-state index is 15.1. The van der Waals surface area contributed by atoms with Gasteiger partial charge in [0.15, 0.2) is 6.10 Å². The molecule has 0 aliphatic carbocycles. The lowest BCUT2D eigenvalue weighted by Gasteiger charge is -2.34. The van der Waals surface area contributed by atoms with Gasteiger partial charge in [-0.05, 0) is 26.0 Å². The number of aliphatic hydroxyl groups is 1. The number of quaternary nitrogens is 1. The van der Waals surface area contributed by atoms with Crippen LogP contribution < -0.4 is 15.3 Å². The zero-order chi connectivity index (χ0) is 27.2. The van der Waals surface area contributed by atoms with Crippen LogP contribution in [0.3, 0.4) is 0 Å². The third-order valence-electron chi connectivity index (χ3n) is 6.11. The molecule has 6 unspecified atom stereocenters. The van der Waals surface area contributed by atoms with Gasteiger partial charge < -0.3 is 24.8 Å². The van der Waals surface area contributed by atoms with Gasteiger partial charge in [-0.3, -0.25) is 9.32 Å². The molecule has 1 aromatic carbocycles. The summed E-state index contributed by atoms with van der Waals surface area (Å²) in [6, 6.07) is 5.74. The number of halogens is 2. The highest BCUT2D eigenvalue weighted by Crippen LogP contribution is 2.48. The third-order valence-corrected chi connectivity index (χ3v) is 7.68. The number of nitrogens with zero attached hydrogens (tertiary/aromatic N) is 2. The number of cyclic esters (lactones) is 1. The van der Waals surface area contributed by atoms with E-state index in [9.17, 15) is 19.3 Å². The Morgan fingerprint density at radius 2 is 1.97 bits per heavy atom. The SMILES string of the molecule is CC1(C)CC(NP(=O)(OCC2OC([N+]3(C)C=CC(N)=NC3=O)C(F)(F)C2O)Oc2ccccc2)C(=O)O1. The number of ether oxygens (including phenoxy) is 2. The maximum Gasteiger partial charge on any atom is 0.459 e. The average Bonchev–Trinajstić information content (AvgIpc) is 3.20. The third kappa shape index (κ3) is 5.44. The van der Waals surface area contributed by atoms with E-state index in [1.54, 1.807) is 32.0 Å². The molecule has 15 heteroatoms. The number of hydrogen-bond acceptors (Lipinski definition) is 9. The zero-order valence-corrected chi connectivity index (χ0v) is 21.1. The van der Waals surface area contributed by atoms with Gasteiger partial charge >= 0.3 is 25.7 Å². The van der Waals surface area contributed by atoms with Gasteiger partial charge in [0, 0.05) is 12.5 Å². The minimum atomic E-state index is -4.41. The summed E-state index contributed by atoms with van der Waals surface area (Å²) >= 11 is 0. The van der Waals surface area contributed by atoms with Crippen molar-refractivity contribution in [2.24, 2.45) is 10.7 Å². The lowest BCUT2D eigenvalue weighted by Crippen LogP contribution is -2.60. The largest absolute Gasteiger partial charge is 0.459 e. The van der Waals surface area contributed by atoms with Crippen molar-refractivity contribution in [1.29, 1.82) is 0 Å². The molecule has 0 bridgehead atoms. The number of hydrogen-bond donors (Lipinski definition) is 3.